The number of aliphatic imine (C=N–C) groups is 1. The van der Waals surface area contributed by atoms with Crippen molar-refractivity contribution in [3.05, 3.63) is 90.0 Å². The molecule has 0 atom stereocenters. The number of methoxy groups -OCH3 is 1. The van der Waals surface area contributed by atoms with Gasteiger partial charge in [0.15, 0.2) is 0 Å². The Morgan fingerprint density at radius 1 is 0.792 bits per heavy atom. The van der Waals surface area contributed by atoms with E-state index in [9.17, 15) is 0 Å². The third-order valence-electron chi connectivity index (χ3n) is 4.07. The first-order valence-corrected chi connectivity index (χ1v) is 8.06. The molecule has 2 nitrogen and oxygen atoms in total. The summed E-state index contributed by atoms with van der Waals surface area (Å²) in [6.45, 7) is 2.73. The van der Waals surface area contributed by atoms with Crippen molar-refractivity contribution >= 4 is 5.71 Å². The van der Waals surface area contributed by atoms with Gasteiger partial charge in [0.25, 0.3) is 0 Å². The van der Waals surface area contributed by atoms with Crippen molar-refractivity contribution in [2.24, 2.45) is 4.99 Å². The molecular weight excluding hydrogens is 294 g/mol. The van der Waals surface area contributed by atoms with E-state index >= 15 is 0 Å². The van der Waals surface area contributed by atoms with Gasteiger partial charge in [0, 0.05) is 5.71 Å². The second-order valence-corrected chi connectivity index (χ2v) is 5.69. The van der Waals surface area contributed by atoms with Crippen molar-refractivity contribution in [2.45, 2.75) is 13.5 Å². The predicted molar refractivity (Wildman–Crippen MR) is 101 cm³/mol. The lowest BCUT2D eigenvalue weighted by atomic mass is 10.0. The lowest BCUT2D eigenvalue weighted by molar-refractivity contribution is 0.414. The summed E-state index contributed by atoms with van der Waals surface area (Å²) in [5.41, 5.74) is 5.84. The molecule has 0 N–H and O–H groups in total. The maximum atomic E-state index is 5.18. The van der Waals surface area contributed by atoms with Gasteiger partial charge in [0.1, 0.15) is 5.75 Å². The molecule has 3 rings (SSSR count). The second kappa shape index (κ2) is 7.60. The fourth-order valence-corrected chi connectivity index (χ4v) is 2.57. The van der Waals surface area contributed by atoms with Gasteiger partial charge in [0.05, 0.1) is 13.7 Å². The van der Waals surface area contributed by atoms with Gasteiger partial charge in [-0.25, -0.2) is 0 Å². The van der Waals surface area contributed by atoms with Crippen LogP contribution in [0.1, 0.15) is 18.1 Å². The Bertz CT molecular complexity index is 803. The molecule has 2 heteroatoms. The maximum absolute atomic E-state index is 5.18. The summed E-state index contributed by atoms with van der Waals surface area (Å²) in [6.07, 6.45) is 0. The maximum Gasteiger partial charge on any atom is 0.118 e. The van der Waals surface area contributed by atoms with Crippen LogP contribution < -0.4 is 4.74 Å². The van der Waals surface area contributed by atoms with Crippen LogP contribution in [0.15, 0.2) is 83.9 Å². The Hall–Kier alpha value is -2.87. The molecule has 0 saturated heterocycles. The Balaban J connectivity index is 1.71. The van der Waals surface area contributed by atoms with Crippen LogP contribution in [-0.2, 0) is 6.54 Å². The smallest absolute Gasteiger partial charge is 0.118 e. The summed E-state index contributed by atoms with van der Waals surface area (Å²) in [4.78, 5) is 4.70. The predicted octanol–water partition coefficient (Wildman–Crippen LogP) is 5.37. The van der Waals surface area contributed by atoms with Gasteiger partial charge in [0.2, 0.25) is 0 Å². The summed E-state index contributed by atoms with van der Waals surface area (Å²) >= 11 is 0. The summed E-state index contributed by atoms with van der Waals surface area (Å²) in [6, 6.07) is 27.0. The van der Waals surface area contributed by atoms with Crippen LogP contribution in [0, 0.1) is 0 Å². The largest absolute Gasteiger partial charge is 0.497 e. The molecule has 120 valence electrons. The van der Waals surface area contributed by atoms with E-state index in [0.29, 0.717) is 6.54 Å². The van der Waals surface area contributed by atoms with Gasteiger partial charge >= 0.3 is 0 Å². The lowest BCUT2D eigenvalue weighted by Crippen LogP contribution is -1.96. The number of hydrogen-bond donors (Lipinski definition) is 0. The Kier molecular flexibility index (Phi) is 5.07. The minimum absolute atomic E-state index is 0.677. The zero-order valence-corrected chi connectivity index (χ0v) is 14.1. The molecule has 0 fully saturated rings. The quantitative estimate of drug-likeness (QED) is 0.580. The van der Waals surface area contributed by atoms with Crippen molar-refractivity contribution in [3.63, 3.8) is 0 Å². The Morgan fingerprint density at radius 2 is 1.42 bits per heavy atom. The summed E-state index contributed by atoms with van der Waals surface area (Å²) in [5.74, 6) is 0.871. The van der Waals surface area contributed by atoms with E-state index in [4.69, 9.17) is 9.73 Å². The van der Waals surface area contributed by atoms with Crippen LogP contribution in [-0.4, -0.2) is 12.8 Å². The molecule has 0 aliphatic rings. The first-order chi connectivity index (χ1) is 11.8. The van der Waals surface area contributed by atoms with Crippen LogP contribution in [0.4, 0.5) is 0 Å². The minimum atomic E-state index is 0.677. The monoisotopic (exact) mass is 315 g/mol. The van der Waals surface area contributed by atoms with Gasteiger partial charge in [-0.3, -0.25) is 4.99 Å². The van der Waals surface area contributed by atoms with E-state index in [1.165, 1.54) is 16.7 Å². The van der Waals surface area contributed by atoms with E-state index in [1.54, 1.807) is 7.11 Å². The molecular formula is C22H21NO. The fourth-order valence-electron chi connectivity index (χ4n) is 2.57. The van der Waals surface area contributed by atoms with E-state index in [1.807, 2.05) is 30.3 Å². The van der Waals surface area contributed by atoms with Crippen LogP contribution >= 0.6 is 0 Å². The number of hydrogen-bond acceptors (Lipinski definition) is 2. The van der Waals surface area contributed by atoms with Crippen molar-refractivity contribution in [2.75, 3.05) is 7.11 Å². The SMILES string of the molecule is COc1ccc(CN=C(C)c2ccc(-c3ccccc3)cc2)cc1. The summed E-state index contributed by atoms with van der Waals surface area (Å²) < 4.78 is 5.18. The number of nitrogens with zero attached hydrogens (tertiary/aromatic N) is 1. The van der Waals surface area contributed by atoms with Crippen molar-refractivity contribution in [3.8, 4) is 16.9 Å². The van der Waals surface area contributed by atoms with E-state index in [2.05, 4.69) is 55.5 Å². The molecule has 3 aromatic rings. The number of benzene rings is 3. The van der Waals surface area contributed by atoms with E-state index < -0.39 is 0 Å². The third-order valence-corrected chi connectivity index (χ3v) is 4.07. The summed E-state index contributed by atoms with van der Waals surface area (Å²) in [5, 5.41) is 0. The first-order valence-electron chi connectivity index (χ1n) is 8.06. The standard InChI is InChI=1S/C22H21NO/c1-17(23-16-18-8-14-22(24-2)15-9-18)19-10-12-21(13-11-19)20-6-4-3-5-7-20/h3-15H,16H2,1-2H3. The molecule has 0 unspecified atom stereocenters. The molecule has 0 aliphatic carbocycles. The molecule has 0 radical (unpaired) electrons. The molecule has 0 spiro atoms. The number of ether oxygens (including phenoxy) is 1. The van der Waals surface area contributed by atoms with Crippen molar-refractivity contribution in [1.82, 2.24) is 0 Å². The highest BCUT2D eigenvalue weighted by atomic mass is 16.5. The van der Waals surface area contributed by atoms with Crippen molar-refractivity contribution < 1.29 is 4.74 Å². The zero-order chi connectivity index (χ0) is 16.8. The Labute approximate surface area is 143 Å². The molecule has 24 heavy (non-hydrogen) atoms. The highest BCUT2D eigenvalue weighted by molar-refractivity contribution is 5.99. The van der Waals surface area contributed by atoms with Gasteiger partial charge < -0.3 is 4.74 Å². The molecule has 3 aromatic carbocycles. The normalized spacial score (nSPS) is 11.3. The van der Waals surface area contributed by atoms with Gasteiger partial charge in [-0.05, 0) is 41.3 Å². The highest BCUT2D eigenvalue weighted by Crippen LogP contribution is 2.19. The Morgan fingerprint density at radius 3 is 2.04 bits per heavy atom. The minimum Gasteiger partial charge on any atom is -0.497 e. The van der Waals surface area contributed by atoms with Gasteiger partial charge in [-0.1, -0.05) is 66.7 Å². The average Bonchev–Trinajstić information content (AvgIpc) is 2.67. The molecule has 0 aliphatic heterocycles. The summed E-state index contributed by atoms with van der Waals surface area (Å²) in [7, 11) is 1.68. The van der Waals surface area contributed by atoms with E-state index in [0.717, 1.165) is 17.0 Å². The molecule has 0 aromatic heterocycles. The molecule has 0 bridgehead atoms. The highest BCUT2D eigenvalue weighted by Gasteiger charge is 2.00. The topological polar surface area (TPSA) is 21.6 Å². The number of rotatable bonds is 5. The zero-order valence-electron chi connectivity index (χ0n) is 14.1. The molecule has 0 saturated carbocycles. The van der Waals surface area contributed by atoms with Gasteiger partial charge in [-0.2, -0.15) is 0 Å². The van der Waals surface area contributed by atoms with Crippen molar-refractivity contribution in [1.29, 1.82) is 0 Å². The fraction of sp³-hybridized carbons (Fsp3) is 0.136. The lowest BCUT2D eigenvalue weighted by Gasteiger charge is -2.05. The van der Waals surface area contributed by atoms with E-state index in [-0.39, 0.29) is 0 Å². The third kappa shape index (κ3) is 3.90. The van der Waals surface area contributed by atoms with Crippen LogP contribution in [0.5, 0.6) is 5.75 Å². The van der Waals surface area contributed by atoms with Crippen LogP contribution in [0.3, 0.4) is 0 Å². The molecule has 0 heterocycles. The first kappa shape index (κ1) is 16.0. The van der Waals surface area contributed by atoms with Crippen LogP contribution in [0.25, 0.3) is 11.1 Å². The second-order valence-electron chi connectivity index (χ2n) is 5.69. The van der Waals surface area contributed by atoms with Gasteiger partial charge in [-0.15, -0.1) is 0 Å². The van der Waals surface area contributed by atoms with Crippen LogP contribution in [0.2, 0.25) is 0 Å². The molecule has 0 amide bonds. The average molecular weight is 315 g/mol.